The summed E-state index contributed by atoms with van der Waals surface area (Å²) < 4.78 is 5.08. The highest BCUT2D eigenvalue weighted by Gasteiger charge is 2.13. The van der Waals surface area contributed by atoms with Crippen LogP contribution in [0, 0.1) is 0 Å². The van der Waals surface area contributed by atoms with Crippen molar-refractivity contribution >= 4 is 22.6 Å². The zero-order valence-electron chi connectivity index (χ0n) is 15.0. The normalized spacial score (nSPS) is 10.7. The Hall–Kier alpha value is -3.86. The van der Waals surface area contributed by atoms with E-state index in [-0.39, 0.29) is 11.3 Å². The third-order valence-electron chi connectivity index (χ3n) is 4.60. The molecule has 0 saturated heterocycles. The standard InChI is InChI=1S/C23H18N2O3/c24-22(26)20-12-21(28-14-20)23(27)25-13-15-5-7-17(8-6-15)19-10-9-16-3-1-2-4-18(16)11-19/h1-12,14H,13H2,(H2,24,26)(H,25,27). The first-order valence-electron chi connectivity index (χ1n) is 8.85. The Balaban J connectivity index is 1.43. The van der Waals surface area contributed by atoms with Crippen LogP contribution < -0.4 is 11.1 Å². The molecular weight excluding hydrogens is 352 g/mol. The first kappa shape index (κ1) is 17.5. The Morgan fingerprint density at radius 3 is 2.29 bits per heavy atom. The minimum absolute atomic E-state index is 0.0570. The molecular formula is C23H18N2O3. The van der Waals surface area contributed by atoms with E-state index in [1.165, 1.54) is 23.1 Å². The van der Waals surface area contributed by atoms with Crippen molar-refractivity contribution in [3.8, 4) is 11.1 Å². The molecule has 1 aromatic heterocycles. The van der Waals surface area contributed by atoms with Crippen molar-refractivity contribution in [2.45, 2.75) is 6.54 Å². The molecule has 2 amide bonds. The van der Waals surface area contributed by atoms with Crippen molar-refractivity contribution < 1.29 is 14.0 Å². The number of fused-ring (bicyclic) bond motifs is 1. The smallest absolute Gasteiger partial charge is 0.287 e. The number of hydrogen-bond donors (Lipinski definition) is 2. The fourth-order valence-electron chi connectivity index (χ4n) is 3.04. The van der Waals surface area contributed by atoms with Crippen molar-refractivity contribution in [2.24, 2.45) is 5.73 Å². The van der Waals surface area contributed by atoms with E-state index in [1.54, 1.807) is 0 Å². The quantitative estimate of drug-likeness (QED) is 0.554. The third-order valence-corrected chi connectivity index (χ3v) is 4.60. The summed E-state index contributed by atoms with van der Waals surface area (Å²) in [5.74, 6) is -0.972. The minimum atomic E-state index is -0.632. The Kier molecular flexibility index (Phi) is 4.64. The third kappa shape index (κ3) is 3.64. The van der Waals surface area contributed by atoms with Gasteiger partial charge in [0.15, 0.2) is 5.76 Å². The maximum Gasteiger partial charge on any atom is 0.287 e. The van der Waals surface area contributed by atoms with Crippen LogP contribution in [-0.2, 0) is 6.54 Å². The summed E-state index contributed by atoms with van der Waals surface area (Å²) in [6.07, 6.45) is 1.18. The number of benzene rings is 3. The van der Waals surface area contributed by atoms with E-state index in [0.717, 1.165) is 16.7 Å². The van der Waals surface area contributed by atoms with Crippen molar-refractivity contribution in [3.63, 3.8) is 0 Å². The molecule has 0 unspecified atom stereocenters. The zero-order chi connectivity index (χ0) is 19.5. The first-order chi connectivity index (χ1) is 13.6. The van der Waals surface area contributed by atoms with Crippen LogP contribution in [0.15, 0.2) is 83.5 Å². The Morgan fingerprint density at radius 2 is 1.57 bits per heavy atom. The van der Waals surface area contributed by atoms with Crippen LogP contribution in [0.4, 0.5) is 0 Å². The molecule has 5 heteroatoms. The number of amides is 2. The predicted molar refractivity (Wildman–Crippen MR) is 108 cm³/mol. The van der Waals surface area contributed by atoms with Crippen molar-refractivity contribution in [2.75, 3.05) is 0 Å². The van der Waals surface area contributed by atoms with Gasteiger partial charge in [0.2, 0.25) is 0 Å². The van der Waals surface area contributed by atoms with Gasteiger partial charge in [0.25, 0.3) is 11.8 Å². The lowest BCUT2D eigenvalue weighted by atomic mass is 10.0. The molecule has 4 rings (SSSR count). The van der Waals surface area contributed by atoms with Gasteiger partial charge in [-0.1, -0.05) is 60.7 Å². The molecule has 5 nitrogen and oxygen atoms in total. The average Bonchev–Trinajstić information content (AvgIpc) is 3.23. The van der Waals surface area contributed by atoms with Gasteiger partial charge in [-0.25, -0.2) is 0 Å². The number of furan rings is 1. The van der Waals surface area contributed by atoms with E-state index in [2.05, 4.69) is 35.6 Å². The van der Waals surface area contributed by atoms with E-state index >= 15 is 0 Å². The van der Waals surface area contributed by atoms with Gasteiger partial charge in [0.05, 0.1) is 5.56 Å². The molecule has 138 valence electrons. The minimum Gasteiger partial charge on any atom is -0.458 e. The molecule has 3 N–H and O–H groups in total. The number of nitrogens with two attached hydrogens (primary N) is 1. The predicted octanol–water partition coefficient (Wildman–Crippen LogP) is 4.13. The number of carbonyl (C=O) groups excluding carboxylic acids is 2. The lowest BCUT2D eigenvalue weighted by molar-refractivity contribution is 0.0922. The van der Waals surface area contributed by atoms with Crippen LogP contribution >= 0.6 is 0 Å². The van der Waals surface area contributed by atoms with Gasteiger partial charge in [-0.2, -0.15) is 0 Å². The second-order valence-corrected chi connectivity index (χ2v) is 6.51. The molecule has 0 fully saturated rings. The number of hydrogen-bond acceptors (Lipinski definition) is 3. The van der Waals surface area contributed by atoms with E-state index < -0.39 is 11.8 Å². The van der Waals surface area contributed by atoms with Gasteiger partial charge in [-0.15, -0.1) is 0 Å². The molecule has 3 aromatic carbocycles. The van der Waals surface area contributed by atoms with E-state index in [9.17, 15) is 9.59 Å². The zero-order valence-corrected chi connectivity index (χ0v) is 15.0. The molecule has 0 saturated carbocycles. The number of primary amides is 1. The molecule has 0 atom stereocenters. The van der Waals surface area contributed by atoms with Crippen LogP contribution in [0.2, 0.25) is 0 Å². The summed E-state index contributed by atoms with van der Waals surface area (Å²) in [6, 6.07) is 24.0. The lowest BCUT2D eigenvalue weighted by Gasteiger charge is -2.07. The highest BCUT2D eigenvalue weighted by molar-refractivity contribution is 5.97. The van der Waals surface area contributed by atoms with E-state index in [4.69, 9.17) is 10.2 Å². The fraction of sp³-hybridized carbons (Fsp3) is 0.0435. The second-order valence-electron chi connectivity index (χ2n) is 6.51. The SMILES string of the molecule is NC(=O)c1coc(C(=O)NCc2ccc(-c3ccc4ccccc4c3)cc2)c1. The van der Waals surface area contributed by atoms with Gasteiger partial charge in [-0.05, 0) is 33.5 Å². The van der Waals surface area contributed by atoms with Crippen LogP contribution in [0.1, 0.15) is 26.5 Å². The fourth-order valence-corrected chi connectivity index (χ4v) is 3.04. The maximum absolute atomic E-state index is 12.1. The van der Waals surface area contributed by atoms with Crippen LogP contribution in [0.25, 0.3) is 21.9 Å². The van der Waals surface area contributed by atoms with Crippen molar-refractivity contribution in [1.82, 2.24) is 5.32 Å². The molecule has 0 spiro atoms. The van der Waals surface area contributed by atoms with Gasteiger partial charge in [0.1, 0.15) is 6.26 Å². The summed E-state index contributed by atoms with van der Waals surface area (Å²) in [7, 11) is 0. The summed E-state index contributed by atoms with van der Waals surface area (Å²) >= 11 is 0. The second kappa shape index (κ2) is 7.40. The molecule has 1 heterocycles. The van der Waals surface area contributed by atoms with Crippen LogP contribution in [0.3, 0.4) is 0 Å². The average molecular weight is 370 g/mol. The van der Waals surface area contributed by atoms with Gasteiger partial charge < -0.3 is 15.5 Å². The highest BCUT2D eigenvalue weighted by atomic mass is 16.3. The number of nitrogens with one attached hydrogen (secondary N) is 1. The highest BCUT2D eigenvalue weighted by Crippen LogP contribution is 2.24. The molecule has 0 bridgehead atoms. The first-order valence-corrected chi connectivity index (χ1v) is 8.85. The van der Waals surface area contributed by atoms with E-state index in [0.29, 0.717) is 6.54 Å². The molecule has 0 aliphatic heterocycles. The summed E-state index contributed by atoms with van der Waals surface area (Å²) in [5.41, 5.74) is 8.54. The summed E-state index contributed by atoms with van der Waals surface area (Å²) in [6.45, 7) is 0.351. The summed E-state index contributed by atoms with van der Waals surface area (Å²) in [5, 5.41) is 5.18. The Morgan fingerprint density at radius 1 is 0.857 bits per heavy atom. The molecule has 0 aliphatic rings. The Labute approximate surface area is 161 Å². The largest absolute Gasteiger partial charge is 0.458 e. The molecule has 28 heavy (non-hydrogen) atoms. The Bertz CT molecular complexity index is 1160. The van der Waals surface area contributed by atoms with Crippen molar-refractivity contribution in [1.29, 1.82) is 0 Å². The number of carbonyl (C=O) groups is 2. The number of rotatable bonds is 5. The van der Waals surface area contributed by atoms with Crippen LogP contribution in [-0.4, -0.2) is 11.8 Å². The summed E-state index contributed by atoms with van der Waals surface area (Å²) in [4.78, 5) is 23.2. The van der Waals surface area contributed by atoms with E-state index in [1.807, 2.05) is 36.4 Å². The van der Waals surface area contributed by atoms with Gasteiger partial charge in [-0.3, -0.25) is 9.59 Å². The molecule has 0 radical (unpaired) electrons. The van der Waals surface area contributed by atoms with Crippen LogP contribution in [0.5, 0.6) is 0 Å². The van der Waals surface area contributed by atoms with Gasteiger partial charge >= 0.3 is 0 Å². The van der Waals surface area contributed by atoms with Crippen molar-refractivity contribution in [3.05, 3.63) is 95.9 Å². The molecule has 0 aliphatic carbocycles. The topological polar surface area (TPSA) is 85.3 Å². The molecule has 4 aromatic rings. The monoisotopic (exact) mass is 370 g/mol. The maximum atomic E-state index is 12.1. The van der Waals surface area contributed by atoms with Gasteiger partial charge in [0, 0.05) is 12.6 Å². The lowest BCUT2D eigenvalue weighted by Crippen LogP contribution is -2.22.